The van der Waals surface area contributed by atoms with Gasteiger partial charge in [-0.3, -0.25) is 4.79 Å². The Kier molecular flexibility index (Phi) is 6.89. The van der Waals surface area contributed by atoms with Gasteiger partial charge in [0, 0.05) is 6.54 Å². The second kappa shape index (κ2) is 9.34. The molecule has 2 aromatic carbocycles. The van der Waals surface area contributed by atoms with Crippen LogP contribution in [-0.4, -0.2) is 24.1 Å². The highest BCUT2D eigenvalue weighted by Crippen LogP contribution is 2.14. The normalized spacial score (nSPS) is 12.4. The molecule has 6 nitrogen and oxygen atoms in total. The summed E-state index contributed by atoms with van der Waals surface area (Å²) in [6.45, 7) is 3.15. The summed E-state index contributed by atoms with van der Waals surface area (Å²) >= 11 is 0. The van der Waals surface area contributed by atoms with Gasteiger partial charge >= 0.3 is 5.97 Å². The zero-order valence-electron chi connectivity index (χ0n) is 14.9. The number of amides is 1. The zero-order valence-corrected chi connectivity index (χ0v) is 14.9. The monoisotopic (exact) mass is 370 g/mol. The van der Waals surface area contributed by atoms with Crippen LogP contribution in [0.1, 0.15) is 25.0 Å². The van der Waals surface area contributed by atoms with Crippen molar-refractivity contribution in [3.63, 3.8) is 0 Å². The molecule has 1 N–H and O–H groups in total. The van der Waals surface area contributed by atoms with E-state index in [9.17, 15) is 14.0 Å². The van der Waals surface area contributed by atoms with Crippen molar-refractivity contribution in [1.82, 2.24) is 5.32 Å². The Balaban J connectivity index is 1.81. The van der Waals surface area contributed by atoms with Gasteiger partial charge < -0.3 is 14.8 Å². The molecule has 7 heteroatoms. The van der Waals surface area contributed by atoms with E-state index in [-0.39, 0.29) is 12.4 Å². The third-order valence-corrected chi connectivity index (χ3v) is 3.67. The van der Waals surface area contributed by atoms with Crippen LogP contribution in [0.25, 0.3) is 0 Å². The van der Waals surface area contributed by atoms with Crippen molar-refractivity contribution >= 4 is 11.9 Å². The summed E-state index contributed by atoms with van der Waals surface area (Å²) in [5.41, 5.74) is 1.20. The molecule has 0 aliphatic rings. The van der Waals surface area contributed by atoms with Crippen LogP contribution >= 0.6 is 0 Å². The Hall–Kier alpha value is -3.40. The number of nitriles is 1. The maximum Gasteiger partial charge on any atom is 0.347 e. The van der Waals surface area contributed by atoms with Crippen molar-refractivity contribution in [2.24, 2.45) is 0 Å². The van der Waals surface area contributed by atoms with Gasteiger partial charge in [-0.15, -0.1) is 0 Å². The first kappa shape index (κ1) is 19.9. The zero-order chi connectivity index (χ0) is 19.8. The number of hydrogen-bond acceptors (Lipinski definition) is 5. The Morgan fingerprint density at radius 2 is 1.70 bits per heavy atom. The van der Waals surface area contributed by atoms with E-state index in [2.05, 4.69) is 5.32 Å². The molecule has 1 amide bonds. The SMILES string of the molecule is C[C@@H](OC(=O)[C@@H](C)Oc1ccc(C#N)cc1)C(=O)NCc1ccc(F)cc1. The topological polar surface area (TPSA) is 88.4 Å². The molecule has 27 heavy (non-hydrogen) atoms. The fraction of sp³-hybridized carbons (Fsp3) is 0.250. The predicted molar refractivity (Wildman–Crippen MR) is 95.0 cm³/mol. The van der Waals surface area contributed by atoms with Gasteiger partial charge in [0.25, 0.3) is 5.91 Å². The molecular weight excluding hydrogens is 351 g/mol. The first-order valence-corrected chi connectivity index (χ1v) is 8.28. The smallest absolute Gasteiger partial charge is 0.347 e. The molecular formula is C20H19FN2O4. The lowest BCUT2D eigenvalue weighted by atomic mass is 10.2. The average Bonchev–Trinajstić information content (AvgIpc) is 2.67. The van der Waals surface area contributed by atoms with Crippen LogP contribution in [0.15, 0.2) is 48.5 Å². The number of ether oxygens (including phenoxy) is 2. The van der Waals surface area contributed by atoms with Gasteiger partial charge in [0.2, 0.25) is 0 Å². The lowest BCUT2D eigenvalue weighted by Crippen LogP contribution is -2.38. The van der Waals surface area contributed by atoms with Gasteiger partial charge in [0.1, 0.15) is 11.6 Å². The molecule has 0 saturated carbocycles. The van der Waals surface area contributed by atoms with Gasteiger partial charge in [0.05, 0.1) is 11.6 Å². The van der Waals surface area contributed by atoms with E-state index in [0.29, 0.717) is 11.3 Å². The third kappa shape index (κ3) is 6.12. The fourth-order valence-corrected chi connectivity index (χ4v) is 2.12. The quantitative estimate of drug-likeness (QED) is 0.757. The first-order chi connectivity index (χ1) is 12.9. The largest absolute Gasteiger partial charge is 0.479 e. The average molecular weight is 370 g/mol. The van der Waals surface area contributed by atoms with E-state index in [0.717, 1.165) is 5.56 Å². The van der Waals surface area contributed by atoms with Crippen molar-refractivity contribution < 1.29 is 23.5 Å². The first-order valence-electron chi connectivity index (χ1n) is 8.28. The molecule has 0 aliphatic heterocycles. The molecule has 2 rings (SSSR count). The fourth-order valence-electron chi connectivity index (χ4n) is 2.12. The minimum Gasteiger partial charge on any atom is -0.479 e. The van der Waals surface area contributed by atoms with E-state index in [1.54, 1.807) is 36.4 Å². The Labute approximate surface area is 156 Å². The minimum absolute atomic E-state index is 0.193. The van der Waals surface area contributed by atoms with Gasteiger partial charge in [-0.25, -0.2) is 9.18 Å². The van der Waals surface area contributed by atoms with Crippen molar-refractivity contribution in [2.45, 2.75) is 32.6 Å². The molecule has 0 spiro atoms. The minimum atomic E-state index is -1.01. The van der Waals surface area contributed by atoms with Gasteiger partial charge in [-0.1, -0.05) is 12.1 Å². The lowest BCUT2D eigenvalue weighted by Gasteiger charge is -2.18. The van der Waals surface area contributed by atoms with Crippen LogP contribution in [0.2, 0.25) is 0 Å². The molecule has 0 bridgehead atoms. The molecule has 0 heterocycles. The van der Waals surface area contributed by atoms with Crippen LogP contribution in [0, 0.1) is 17.1 Å². The summed E-state index contributed by atoms with van der Waals surface area (Å²) in [4.78, 5) is 24.1. The van der Waals surface area contributed by atoms with Crippen LogP contribution < -0.4 is 10.1 Å². The van der Waals surface area contributed by atoms with Crippen LogP contribution in [0.3, 0.4) is 0 Å². The van der Waals surface area contributed by atoms with Crippen LogP contribution in [0.4, 0.5) is 4.39 Å². The van der Waals surface area contributed by atoms with Crippen LogP contribution in [-0.2, 0) is 20.9 Å². The van der Waals surface area contributed by atoms with Gasteiger partial charge in [-0.2, -0.15) is 5.26 Å². The highest BCUT2D eigenvalue weighted by molar-refractivity contribution is 5.84. The molecule has 0 saturated heterocycles. The summed E-state index contributed by atoms with van der Waals surface area (Å²) in [6.07, 6.45) is -1.93. The number of hydrogen-bond donors (Lipinski definition) is 1. The van der Waals surface area contributed by atoms with Crippen molar-refractivity contribution in [1.29, 1.82) is 5.26 Å². The predicted octanol–water partition coefficient (Wildman–Crippen LogP) is 2.71. The number of rotatable bonds is 7. The summed E-state index contributed by atoms with van der Waals surface area (Å²) < 4.78 is 23.4. The van der Waals surface area contributed by atoms with Crippen LogP contribution in [0.5, 0.6) is 5.75 Å². The van der Waals surface area contributed by atoms with E-state index in [4.69, 9.17) is 14.7 Å². The van der Waals surface area contributed by atoms with Gasteiger partial charge in [0.15, 0.2) is 12.2 Å². The Morgan fingerprint density at radius 1 is 1.07 bits per heavy atom. The third-order valence-electron chi connectivity index (χ3n) is 3.67. The van der Waals surface area contributed by atoms with E-state index in [1.807, 2.05) is 6.07 Å². The Bertz CT molecular complexity index is 829. The second-order valence-corrected chi connectivity index (χ2v) is 5.82. The molecule has 2 aromatic rings. The maximum atomic E-state index is 12.9. The molecule has 2 atom stereocenters. The number of nitrogens with zero attached hydrogens (tertiary/aromatic N) is 1. The number of nitrogens with one attached hydrogen (secondary N) is 1. The number of benzene rings is 2. The lowest BCUT2D eigenvalue weighted by molar-refractivity contribution is -0.160. The summed E-state index contributed by atoms with van der Waals surface area (Å²) in [7, 11) is 0. The van der Waals surface area contributed by atoms with Crippen molar-refractivity contribution in [2.75, 3.05) is 0 Å². The maximum absolute atomic E-state index is 12.9. The molecule has 0 unspecified atom stereocenters. The highest BCUT2D eigenvalue weighted by atomic mass is 19.1. The van der Waals surface area contributed by atoms with E-state index < -0.39 is 24.1 Å². The molecule has 0 aliphatic carbocycles. The molecule has 0 radical (unpaired) electrons. The summed E-state index contributed by atoms with van der Waals surface area (Å²) in [5.74, 6) is -1.11. The Morgan fingerprint density at radius 3 is 2.30 bits per heavy atom. The standard InChI is InChI=1S/C20H19FN2O4/c1-13(19(24)23-12-16-3-7-17(21)8-4-16)27-20(25)14(2)26-18-9-5-15(11-22)6-10-18/h3-10,13-14H,12H2,1-2H3,(H,23,24)/t13-,14-/m1/s1. The summed E-state index contributed by atoms with van der Waals surface area (Å²) in [6, 6.07) is 14.0. The number of halogens is 1. The number of carbonyl (C=O) groups excluding carboxylic acids is 2. The van der Waals surface area contributed by atoms with Gasteiger partial charge in [-0.05, 0) is 55.8 Å². The second-order valence-electron chi connectivity index (χ2n) is 5.82. The number of esters is 1. The summed E-state index contributed by atoms with van der Waals surface area (Å²) in [5, 5.41) is 11.4. The van der Waals surface area contributed by atoms with Crippen molar-refractivity contribution in [3.8, 4) is 11.8 Å². The van der Waals surface area contributed by atoms with Crippen molar-refractivity contribution in [3.05, 3.63) is 65.5 Å². The molecule has 0 fully saturated rings. The molecule has 0 aromatic heterocycles. The van der Waals surface area contributed by atoms with E-state index >= 15 is 0 Å². The van der Waals surface area contributed by atoms with E-state index in [1.165, 1.54) is 26.0 Å². The highest BCUT2D eigenvalue weighted by Gasteiger charge is 2.23. The molecule has 140 valence electrons. The number of carbonyl (C=O) groups is 2.